The van der Waals surface area contributed by atoms with E-state index >= 15 is 0 Å². The van der Waals surface area contributed by atoms with Crippen LogP contribution in [0.3, 0.4) is 0 Å². The third-order valence-electron chi connectivity index (χ3n) is 4.28. The molecule has 0 aromatic heterocycles. The summed E-state index contributed by atoms with van der Waals surface area (Å²) in [5.74, 6) is -1.64. The van der Waals surface area contributed by atoms with Crippen LogP contribution in [0, 0.1) is 22.7 Å². The molecule has 0 saturated heterocycles. The summed E-state index contributed by atoms with van der Waals surface area (Å²) in [6, 6.07) is 9.79. The van der Waals surface area contributed by atoms with Gasteiger partial charge in [0.1, 0.15) is 12.0 Å². The van der Waals surface area contributed by atoms with E-state index in [2.05, 4.69) is 16.7 Å². The number of amides is 2. The van der Waals surface area contributed by atoms with Gasteiger partial charge in [0.05, 0.1) is 17.7 Å². The zero-order valence-corrected chi connectivity index (χ0v) is 14.8. The van der Waals surface area contributed by atoms with E-state index in [0.29, 0.717) is 18.5 Å². The van der Waals surface area contributed by atoms with Gasteiger partial charge >= 0.3 is 5.97 Å². The molecule has 0 radical (unpaired) electrons. The van der Waals surface area contributed by atoms with Crippen LogP contribution in [0.25, 0.3) is 0 Å². The fourth-order valence-electron chi connectivity index (χ4n) is 2.90. The fraction of sp³-hybridized carbons (Fsp3) is 0.421. The Morgan fingerprint density at radius 2 is 1.70 bits per heavy atom. The van der Waals surface area contributed by atoms with Crippen molar-refractivity contribution < 1.29 is 19.1 Å². The topological polar surface area (TPSA) is 132 Å². The normalized spacial score (nSPS) is 14.9. The molecule has 0 spiro atoms. The molecule has 0 heterocycles. The van der Waals surface area contributed by atoms with E-state index < -0.39 is 29.9 Å². The van der Waals surface area contributed by atoms with Crippen molar-refractivity contribution in [3.05, 3.63) is 29.8 Å². The molecule has 140 valence electrons. The van der Waals surface area contributed by atoms with E-state index in [0.717, 1.165) is 19.3 Å². The molecule has 1 fully saturated rings. The molecule has 0 unspecified atom stereocenters. The largest absolute Gasteiger partial charge is 0.452 e. The third-order valence-corrected chi connectivity index (χ3v) is 4.28. The first kappa shape index (κ1) is 19.9. The minimum Gasteiger partial charge on any atom is -0.452 e. The number of nitriles is 2. The van der Waals surface area contributed by atoms with Gasteiger partial charge in [-0.25, -0.2) is 4.79 Å². The summed E-state index contributed by atoms with van der Waals surface area (Å²) < 4.78 is 4.99. The van der Waals surface area contributed by atoms with E-state index in [4.69, 9.17) is 10.00 Å². The predicted octanol–water partition coefficient (Wildman–Crippen LogP) is 2.04. The number of benzene rings is 1. The highest BCUT2D eigenvalue weighted by atomic mass is 16.5. The zero-order chi connectivity index (χ0) is 19.7. The van der Waals surface area contributed by atoms with Gasteiger partial charge in [0.25, 0.3) is 5.91 Å². The van der Waals surface area contributed by atoms with Crippen LogP contribution in [0.2, 0.25) is 0 Å². The van der Waals surface area contributed by atoms with Crippen LogP contribution < -0.4 is 10.6 Å². The van der Waals surface area contributed by atoms with E-state index in [1.807, 2.05) is 0 Å². The van der Waals surface area contributed by atoms with Crippen LogP contribution in [-0.2, 0) is 14.3 Å². The molecule has 1 aromatic carbocycles. The summed E-state index contributed by atoms with van der Waals surface area (Å²) in [5.41, 5.74) is -0.211. The lowest BCUT2D eigenvalue weighted by Crippen LogP contribution is -2.50. The van der Waals surface area contributed by atoms with Gasteiger partial charge in [-0.05, 0) is 37.1 Å². The first-order valence-electron chi connectivity index (χ1n) is 8.64. The van der Waals surface area contributed by atoms with E-state index in [1.54, 1.807) is 6.07 Å². The first-order chi connectivity index (χ1) is 13.0. The second kappa shape index (κ2) is 9.35. The van der Waals surface area contributed by atoms with Gasteiger partial charge in [-0.3, -0.25) is 9.59 Å². The van der Waals surface area contributed by atoms with E-state index in [-0.39, 0.29) is 12.0 Å². The molecule has 2 rings (SSSR count). The Hall–Kier alpha value is -3.39. The van der Waals surface area contributed by atoms with Crippen molar-refractivity contribution in [2.75, 3.05) is 11.9 Å². The lowest BCUT2D eigenvalue weighted by Gasteiger charge is -2.31. The fourth-order valence-corrected chi connectivity index (χ4v) is 2.90. The molecule has 1 aliphatic rings. The molecular weight excluding hydrogens is 348 g/mol. The standard InChI is InChI=1S/C19H20N4O4/c20-11-8-16(24)22-15-6-4-14(5-7-15)18(26)27-12-17(25)23-19(13-21)9-2-1-3-10-19/h4-7H,1-3,8-10,12H2,(H,22,24)(H,23,25). The van der Waals surface area contributed by atoms with Crippen LogP contribution in [0.4, 0.5) is 5.69 Å². The van der Waals surface area contributed by atoms with E-state index in [9.17, 15) is 19.6 Å². The van der Waals surface area contributed by atoms with Crippen LogP contribution in [0.15, 0.2) is 24.3 Å². The number of esters is 1. The molecule has 8 nitrogen and oxygen atoms in total. The molecule has 0 atom stereocenters. The summed E-state index contributed by atoms with van der Waals surface area (Å²) in [4.78, 5) is 35.4. The highest BCUT2D eigenvalue weighted by Gasteiger charge is 2.33. The van der Waals surface area contributed by atoms with Crippen LogP contribution in [-0.4, -0.2) is 29.9 Å². The number of ether oxygens (including phenoxy) is 1. The lowest BCUT2D eigenvalue weighted by molar-refractivity contribution is -0.126. The number of carbonyl (C=O) groups excluding carboxylic acids is 3. The van der Waals surface area contributed by atoms with Crippen molar-refractivity contribution in [3.63, 3.8) is 0 Å². The number of hydrogen-bond donors (Lipinski definition) is 2. The van der Waals surface area contributed by atoms with Crippen molar-refractivity contribution >= 4 is 23.5 Å². The maximum atomic E-state index is 12.0. The first-order valence-corrected chi connectivity index (χ1v) is 8.64. The average molecular weight is 368 g/mol. The second-order valence-corrected chi connectivity index (χ2v) is 6.34. The Morgan fingerprint density at radius 3 is 2.30 bits per heavy atom. The van der Waals surface area contributed by atoms with Crippen LogP contribution >= 0.6 is 0 Å². The van der Waals surface area contributed by atoms with Crippen molar-refractivity contribution in [2.45, 2.75) is 44.1 Å². The van der Waals surface area contributed by atoms with Crippen LogP contribution in [0.1, 0.15) is 48.9 Å². The minimum absolute atomic E-state index is 0.216. The molecule has 1 saturated carbocycles. The molecule has 27 heavy (non-hydrogen) atoms. The Morgan fingerprint density at radius 1 is 1.04 bits per heavy atom. The number of hydrogen-bond acceptors (Lipinski definition) is 6. The number of nitrogens with one attached hydrogen (secondary N) is 2. The van der Waals surface area contributed by atoms with Gasteiger partial charge in [-0.15, -0.1) is 0 Å². The van der Waals surface area contributed by atoms with Crippen molar-refractivity contribution in [2.24, 2.45) is 0 Å². The second-order valence-electron chi connectivity index (χ2n) is 6.34. The molecule has 2 N–H and O–H groups in total. The van der Waals surface area contributed by atoms with Gasteiger partial charge < -0.3 is 15.4 Å². The minimum atomic E-state index is -0.870. The van der Waals surface area contributed by atoms with Crippen LogP contribution in [0.5, 0.6) is 0 Å². The monoisotopic (exact) mass is 368 g/mol. The van der Waals surface area contributed by atoms with Gasteiger partial charge in [0.15, 0.2) is 6.61 Å². The summed E-state index contributed by atoms with van der Waals surface area (Å²) in [6.07, 6.45) is 3.74. The zero-order valence-electron chi connectivity index (χ0n) is 14.8. The molecule has 2 amide bonds. The summed E-state index contributed by atoms with van der Waals surface area (Å²) in [7, 11) is 0. The molecule has 0 bridgehead atoms. The van der Waals surface area contributed by atoms with E-state index in [1.165, 1.54) is 24.3 Å². The molecule has 1 aromatic rings. The highest BCUT2D eigenvalue weighted by molar-refractivity contribution is 5.94. The maximum absolute atomic E-state index is 12.0. The Kier molecular flexibility index (Phi) is 6.90. The van der Waals surface area contributed by atoms with Crippen molar-refractivity contribution in [1.82, 2.24) is 5.32 Å². The number of rotatable bonds is 6. The quantitative estimate of drug-likeness (QED) is 0.738. The molecule has 8 heteroatoms. The van der Waals surface area contributed by atoms with Gasteiger partial charge in [-0.2, -0.15) is 10.5 Å². The summed E-state index contributed by atoms with van der Waals surface area (Å²) in [6.45, 7) is -0.469. The Labute approximate surface area is 157 Å². The molecular formula is C19H20N4O4. The number of anilines is 1. The number of carbonyl (C=O) groups is 3. The van der Waals surface area contributed by atoms with Gasteiger partial charge in [-0.1, -0.05) is 19.3 Å². The highest BCUT2D eigenvalue weighted by Crippen LogP contribution is 2.27. The average Bonchev–Trinajstić information content (AvgIpc) is 2.67. The molecule has 1 aliphatic carbocycles. The van der Waals surface area contributed by atoms with Gasteiger partial charge in [0.2, 0.25) is 5.91 Å². The summed E-state index contributed by atoms with van der Waals surface area (Å²) >= 11 is 0. The van der Waals surface area contributed by atoms with Gasteiger partial charge in [0, 0.05) is 5.69 Å². The summed E-state index contributed by atoms with van der Waals surface area (Å²) in [5, 5.41) is 23.0. The maximum Gasteiger partial charge on any atom is 0.338 e. The smallest absolute Gasteiger partial charge is 0.338 e. The Balaban J connectivity index is 1.84. The van der Waals surface area contributed by atoms with Crippen molar-refractivity contribution in [1.29, 1.82) is 10.5 Å². The van der Waals surface area contributed by atoms with Crippen molar-refractivity contribution in [3.8, 4) is 12.1 Å². The lowest BCUT2D eigenvalue weighted by atomic mass is 9.83. The Bertz CT molecular complexity index is 783. The SMILES string of the molecule is N#CCC(=O)Nc1ccc(C(=O)OCC(=O)NC2(C#N)CCCCC2)cc1. The number of nitrogens with zero attached hydrogens (tertiary/aromatic N) is 2. The predicted molar refractivity (Wildman–Crippen MR) is 95.2 cm³/mol. The third kappa shape index (κ3) is 5.82. The molecule has 0 aliphatic heterocycles.